The minimum atomic E-state index is 0.00498. The number of hydrogen-bond acceptors (Lipinski definition) is 3. The molecule has 21 heavy (non-hydrogen) atoms. The molecular formula is C18H35NO2. The molecular weight excluding hydrogens is 262 g/mol. The minimum Gasteiger partial charge on any atom is -0.465 e. The van der Waals surface area contributed by atoms with Gasteiger partial charge < -0.3 is 4.74 Å². The lowest BCUT2D eigenvalue weighted by Gasteiger charge is -2.33. The molecule has 1 aliphatic heterocycles. The van der Waals surface area contributed by atoms with Gasteiger partial charge in [0.05, 0.1) is 6.61 Å². The Hall–Kier alpha value is -0.570. The second-order valence-electron chi connectivity index (χ2n) is 6.27. The molecule has 3 nitrogen and oxygen atoms in total. The molecule has 1 fully saturated rings. The summed E-state index contributed by atoms with van der Waals surface area (Å²) in [4.78, 5) is 14.5. The van der Waals surface area contributed by atoms with Gasteiger partial charge in [-0.15, -0.1) is 0 Å². The molecule has 1 aliphatic rings. The molecule has 0 unspecified atom stereocenters. The number of likely N-dealkylation sites (tertiary alicyclic amines) is 1. The average molecular weight is 297 g/mol. The average Bonchev–Trinajstić information content (AvgIpc) is 2.51. The van der Waals surface area contributed by atoms with Crippen LogP contribution in [0.2, 0.25) is 0 Å². The van der Waals surface area contributed by atoms with E-state index in [1.54, 1.807) is 0 Å². The SMILES string of the molecule is CCCCCCCCC[C@H](C(=O)OCC)N1CCCCC1. The zero-order valence-electron chi connectivity index (χ0n) is 14.2. The molecule has 0 aromatic heterocycles. The number of carbonyl (C=O) groups excluding carboxylic acids is 1. The van der Waals surface area contributed by atoms with Crippen molar-refractivity contribution in [3.63, 3.8) is 0 Å². The zero-order valence-corrected chi connectivity index (χ0v) is 14.2. The molecule has 1 atom stereocenters. The van der Waals surface area contributed by atoms with Crippen LogP contribution in [0.3, 0.4) is 0 Å². The van der Waals surface area contributed by atoms with E-state index in [0.717, 1.165) is 25.9 Å². The maximum Gasteiger partial charge on any atom is 0.323 e. The molecule has 3 heteroatoms. The number of nitrogens with zero attached hydrogens (tertiary/aromatic N) is 1. The molecule has 1 saturated heterocycles. The smallest absolute Gasteiger partial charge is 0.323 e. The molecule has 0 N–H and O–H groups in total. The third-order valence-corrected chi connectivity index (χ3v) is 4.47. The van der Waals surface area contributed by atoms with Gasteiger partial charge in [0.2, 0.25) is 0 Å². The van der Waals surface area contributed by atoms with E-state index in [2.05, 4.69) is 11.8 Å². The van der Waals surface area contributed by atoms with E-state index in [1.807, 2.05) is 6.92 Å². The summed E-state index contributed by atoms with van der Waals surface area (Å²) in [5, 5.41) is 0. The lowest BCUT2D eigenvalue weighted by molar-refractivity contribution is -0.150. The summed E-state index contributed by atoms with van der Waals surface area (Å²) in [7, 11) is 0. The summed E-state index contributed by atoms with van der Waals surface area (Å²) in [5.74, 6) is 0.00498. The van der Waals surface area contributed by atoms with Crippen molar-refractivity contribution in [2.75, 3.05) is 19.7 Å². The highest BCUT2D eigenvalue weighted by Crippen LogP contribution is 2.18. The lowest BCUT2D eigenvalue weighted by atomic mass is 10.0. The summed E-state index contributed by atoms with van der Waals surface area (Å²) in [6.07, 6.45) is 13.9. The lowest BCUT2D eigenvalue weighted by Crippen LogP contribution is -2.44. The highest BCUT2D eigenvalue weighted by molar-refractivity contribution is 5.75. The number of unbranched alkanes of at least 4 members (excludes halogenated alkanes) is 6. The van der Waals surface area contributed by atoms with Crippen LogP contribution in [-0.2, 0) is 9.53 Å². The molecule has 1 rings (SSSR count). The third-order valence-electron chi connectivity index (χ3n) is 4.47. The van der Waals surface area contributed by atoms with Crippen LogP contribution >= 0.6 is 0 Å². The van der Waals surface area contributed by atoms with Gasteiger partial charge in [-0.2, -0.15) is 0 Å². The predicted octanol–water partition coefficient (Wildman–Crippen LogP) is 4.54. The second-order valence-corrected chi connectivity index (χ2v) is 6.27. The van der Waals surface area contributed by atoms with Gasteiger partial charge >= 0.3 is 5.97 Å². The Morgan fingerprint density at radius 1 is 0.952 bits per heavy atom. The fourth-order valence-corrected chi connectivity index (χ4v) is 3.21. The first kappa shape index (κ1) is 18.5. The molecule has 0 saturated carbocycles. The van der Waals surface area contributed by atoms with Gasteiger partial charge in [0.25, 0.3) is 0 Å². The molecule has 0 aliphatic carbocycles. The van der Waals surface area contributed by atoms with Crippen molar-refractivity contribution in [2.45, 2.75) is 90.5 Å². The van der Waals surface area contributed by atoms with Crippen LogP contribution in [0.5, 0.6) is 0 Å². The summed E-state index contributed by atoms with van der Waals surface area (Å²) < 4.78 is 5.29. The molecule has 0 radical (unpaired) electrons. The van der Waals surface area contributed by atoms with Crippen molar-refractivity contribution in [3.8, 4) is 0 Å². The van der Waals surface area contributed by atoms with Crippen molar-refractivity contribution in [1.82, 2.24) is 4.90 Å². The zero-order chi connectivity index (χ0) is 15.3. The minimum absolute atomic E-state index is 0.00498. The molecule has 0 spiro atoms. The van der Waals surface area contributed by atoms with Gasteiger partial charge in [0.15, 0.2) is 0 Å². The van der Waals surface area contributed by atoms with E-state index >= 15 is 0 Å². The Bertz CT molecular complexity index is 262. The Balaban J connectivity index is 2.26. The molecule has 0 aromatic rings. The normalized spacial score (nSPS) is 17.6. The maximum absolute atomic E-state index is 12.2. The van der Waals surface area contributed by atoms with Crippen molar-refractivity contribution in [1.29, 1.82) is 0 Å². The Labute approximate surface area is 131 Å². The number of piperidine rings is 1. The van der Waals surface area contributed by atoms with E-state index in [9.17, 15) is 4.79 Å². The third kappa shape index (κ3) is 7.85. The first-order valence-corrected chi connectivity index (χ1v) is 9.20. The Kier molecular flexibility index (Phi) is 10.6. The highest BCUT2D eigenvalue weighted by atomic mass is 16.5. The molecule has 0 amide bonds. The molecule has 0 bridgehead atoms. The monoisotopic (exact) mass is 297 g/mol. The van der Waals surface area contributed by atoms with Crippen LogP contribution in [0, 0.1) is 0 Å². The van der Waals surface area contributed by atoms with Crippen molar-refractivity contribution in [3.05, 3.63) is 0 Å². The van der Waals surface area contributed by atoms with Crippen LogP contribution in [-0.4, -0.2) is 36.6 Å². The largest absolute Gasteiger partial charge is 0.465 e. The quantitative estimate of drug-likeness (QED) is 0.414. The van der Waals surface area contributed by atoms with E-state index in [1.165, 1.54) is 57.8 Å². The number of ether oxygens (including phenoxy) is 1. The van der Waals surface area contributed by atoms with Crippen LogP contribution < -0.4 is 0 Å². The van der Waals surface area contributed by atoms with E-state index in [-0.39, 0.29) is 12.0 Å². The van der Waals surface area contributed by atoms with Crippen molar-refractivity contribution < 1.29 is 9.53 Å². The fourth-order valence-electron chi connectivity index (χ4n) is 3.21. The Morgan fingerprint density at radius 3 is 2.19 bits per heavy atom. The first-order valence-electron chi connectivity index (χ1n) is 9.20. The standard InChI is InChI=1S/C18H35NO2/c1-3-5-6-7-8-9-11-14-17(18(20)21-4-2)19-15-12-10-13-16-19/h17H,3-16H2,1-2H3/t17-/m1/s1. The van der Waals surface area contributed by atoms with E-state index in [0.29, 0.717) is 6.61 Å². The van der Waals surface area contributed by atoms with Gasteiger partial charge in [0.1, 0.15) is 6.04 Å². The topological polar surface area (TPSA) is 29.5 Å². The number of hydrogen-bond donors (Lipinski definition) is 0. The number of rotatable bonds is 11. The number of carbonyl (C=O) groups is 1. The maximum atomic E-state index is 12.2. The van der Waals surface area contributed by atoms with Crippen LogP contribution in [0.4, 0.5) is 0 Å². The molecule has 1 heterocycles. The second kappa shape index (κ2) is 12.0. The number of esters is 1. The summed E-state index contributed by atoms with van der Waals surface area (Å²) in [5.41, 5.74) is 0. The van der Waals surface area contributed by atoms with E-state index < -0.39 is 0 Å². The van der Waals surface area contributed by atoms with Gasteiger partial charge in [-0.25, -0.2) is 0 Å². The molecule has 0 aromatic carbocycles. The van der Waals surface area contributed by atoms with Gasteiger partial charge in [-0.05, 0) is 39.3 Å². The predicted molar refractivity (Wildman–Crippen MR) is 88.5 cm³/mol. The molecule has 124 valence electrons. The summed E-state index contributed by atoms with van der Waals surface area (Å²) in [6, 6.07) is 0.0147. The Morgan fingerprint density at radius 2 is 1.57 bits per heavy atom. The van der Waals surface area contributed by atoms with Gasteiger partial charge in [0, 0.05) is 0 Å². The fraction of sp³-hybridized carbons (Fsp3) is 0.944. The van der Waals surface area contributed by atoms with Crippen LogP contribution in [0.1, 0.15) is 84.5 Å². The summed E-state index contributed by atoms with van der Waals surface area (Å²) >= 11 is 0. The highest BCUT2D eigenvalue weighted by Gasteiger charge is 2.27. The van der Waals surface area contributed by atoms with Crippen molar-refractivity contribution >= 4 is 5.97 Å². The van der Waals surface area contributed by atoms with Gasteiger partial charge in [-0.3, -0.25) is 9.69 Å². The van der Waals surface area contributed by atoms with Crippen molar-refractivity contribution in [2.24, 2.45) is 0 Å². The summed E-state index contributed by atoms with van der Waals surface area (Å²) in [6.45, 7) is 6.79. The van der Waals surface area contributed by atoms with Gasteiger partial charge in [-0.1, -0.05) is 58.3 Å². The van der Waals surface area contributed by atoms with E-state index in [4.69, 9.17) is 4.74 Å². The van der Waals surface area contributed by atoms with Crippen LogP contribution in [0.15, 0.2) is 0 Å². The van der Waals surface area contributed by atoms with Crippen LogP contribution in [0.25, 0.3) is 0 Å². The first-order chi connectivity index (χ1) is 10.3.